The van der Waals surface area contributed by atoms with Gasteiger partial charge in [0, 0.05) is 19.6 Å². The van der Waals surface area contributed by atoms with Crippen LogP contribution in [-0.2, 0) is 0 Å². The Morgan fingerprint density at radius 1 is 1.42 bits per heavy atom. The highest BCUT2D eigenvalue weighted by Gasteiger charge is 2.30. The zero-order chi connectivity index (χ0) is 17.5. The topological polar surface area (TPSA) is 44.8 Å². The lowest BCUT2D eigenvalue weighted by molar-refractivity contribution is 0.104. The van der Waals surface area contributed by atoms with Crippen molar-refractivity contribution in [3.63, 3.8) is 0 Å². The minimum absolute atomic E-state index is 0.0000789. The summed E-state index contributed by atoms with van der Waals surface area (Å²) in [5.74, 6) is 1.32. The van der Waals surface area contributed by atoms with Crippen molar-refractivity contribution in [2.24, 2.45) is 5.92 Å². The second-order valence-electron chi connectivity index (χ2n) is 6.89. The third-order valence-electron chi connectivity index (χ3n) is 4.90. The molecule has 0 aliphatic carbocycles. The standard InChI is InChI=1S/C19H31N3O2/c1-5-16(14-24-17-9-7-6-8-10-17)20-19(23)22(4)18-11-12-21(3)13-15(18)2/h6-10,15-16,18H,5,11-14H2,1-4H3,(H,20,23). The zero-order valence-electron chi connectivity index (χ0n) is 15.4. The van der Waals surface area contributed by atoms with Crippen LogP contribution < -0.4 is 10.1 Å². The van der Waals surface area contributed by atoms with Crippen LogP contribution in [0.5, 0.6) is 5.75 Å². The Hall–Kier alpha value is -1.75. The zero-order valence-corrected chi connectivity index (χ0v) is 15.4. The van der Waals surface area contributed by atoms with E-state index in [2.05, 4.69) is 31.1 Å². The predicted octanol–water partition coefficient (Wildman–Crippen LogP) is 2.83. The lowest BCUT2D eigenvalue weighted by Crippen LogP contribution is -2.54. The maximum absolute atomic E-state index is 12.6. The molecule has 0 aromatic heterocycles. The Morgan fingerprint density at radius 3 is 2.75 bits per heavy atom. The largest absolute Gasteiger partial charge is 0.491 e. The number of hydrogen-bond acceptors (Lipinski definition) is 3. The average Bonchev–Trinajstić information content (AvgIpc) is 2.58. The highest BCUT2D eigenvalue weighted by Crippen LogP contribution is 2.20. The molecule has 1 N–H and O–H groups in total. The molecule has 0 radical (unpaired) electrons. The van der Waals surface area contributed by atoms with Crippen molar-refractivity contribution < 1.29 is 9.53 Å². The summed E-state index contributed by atoms with van der Waals surface area (Å²) in [5.41, 5.74) is 0. The molecule has 0 saturated carbocycles. The molecule has 0 bridgehead atoms. The molecule has 1 fully saturated rings. The number of nitrogens with zero attached hydrogens (tertiary/aromatic N) is 2. The van der Waals surface area contributed by atoms with Gasteiger partial charge in [0.15, 0.2) is 0 Å². The molecule has 24 heavy (non-hydrogen) atoms. The number of nitrogens with one attached hydrogen (secondary N) is 1. The molecule has 3 atom stereocenters. The Bertz CT molecular complexity index is 509. The fourth-order valence-electron chi connectivity index (χ4n) is 3.32. The van der Waals surface area contributed by atoms with Crippen LogP contribution in [0.15, 0.2) is 30.3 Å². The second kappa shape index (κ2) is 8.92. The van der Waals surface area contributed by atoms with Crippen LogP contribution in [0.1, 0.15) is 26.7 Å². The number of urea groups is 1. The van der Waals surface area contributed by atoms with E-state index in [1.54, 1.807) is 0 Å². The van der Waals surface area contributed by atoms with E-state index in [0.29, 0.717) is 18.6 Å². The summed E-state index contributed by atoms with van der Waals surface area (Å²) >= 11 is 0. The number of para-hydroxylation sites is 1. The van der Waals surface area contributed by atoms with Crippen LogP contribution >= 0.6 is 0 Å². The van der Waals surface area contributed by atoms with Crippen molar-refractivity contribution in [1.29, 1.82) is 0 Å². The molecule has 1 aromatic carbocycles. The van der Waals surface area contributed by atoms with Crippen molar-refractivity contribution in [2.75, 3.05) is 33.8 Å². The van der Waals surface area contributed by atoms with Gasteiger partial charge in [-0.3, -0.25) is 0 Å². The van der Waals surface area contributed by atoms with Gasteiger partial charge in [-0.25, -0.2) is 4.79 Å². The van der Waals surface area contributed by atoms with E-state index in [-0.39, 0.29) is 12.1 Å². The van der Waals surface area contributed by atoms with Crippen LogP contribution in [0.4, 0.5) is 4.79 Å². The average molecular weight is 333 g/mol. The van der Waals surface area contributed by atoms with Gasteiger partial charge >= 0.3 is 6.03 Å². The van der Waals surface area contributed by atoms with E-state index in [1.165, 1.54) is 0 Å². The molecule has 1 heterocycles. The van der Waals surface area contributed by atoms with Crippen molar-refractivity contribution in [2.45, 2.75) is 38.8 Å². The maximum atomic E-state index is 12.6. The number of amides is 2. The van der Waals surface area contributed by atoms with E-state index in [4.69, 9.17) is 4.74 Å². The van der Waals surface area contributed by atoms with E-state index >= 15 is 0 Å². The first-order chi connectivity index (χ1) is 11.5. The molecule has 0 spiro atoms. The highest BCUT2D eigenvalue weighted by molar-refractivity contribution is 5.74. The Kier molecular flexibility index (Phi) is 6.91. The molecular formula is C19H31N3O2. The van der Waals surface area contributed by atoms with Crippen LogP contribution in [0.2, 0.25) is 0 Å². The molecule has 2 amide bonds. The smallest absolute Gasteiger partial charge is 0.317 e. The minimum atomic E-state index is -0.0000789. The van der Waals surface area contributed by atoms with Crippen molar-refractivity contribution in [3.05, 3.63) is 30.3 Å². The quantitative estimate of drug-likeness (QED) is 0.871. The number of carbonyl (C=O) groups is 1. The lowest BCUT2D eigenvalue weighted by Gasteiger charge is -2.40. The second-order valence-corrected chi connectivity index (χ2v) is 6.89. The minimum Gasteiger partial charge on any atom is -0.491 e. The summed E-state index contributed by atoms with van der Waals surface area (Å²) in [6, 6.07) is 10.0. The van der Waals surface area contributed by atoms with Gasteiger partial charge in [0.2, 0.25) is 0 Å². The first kappa shape index (κ1) is 18.6. The first-order valence-corrected chi connectivity index (χ1v) is 8.91. The summed E-state index contributed by atoms with van der Waals surface area (Å²) in [6.07, 6.45) is 1.87. The fourth-order valence-corrected chi connectivity index (χ4v) is 3.32. The number of rotatable bonds is 6. The van der Waals surface area contributed by atoms with Crippen LogP contribution in [0.25, 0.3) is 0 Å². The molecule has 1 aliphatic heterocycles. The SMILES string of the molecule is CCC(COc1ccccc1)NC(=O)N(C)C1CCN(C)CC1C. The van der Waals surface area contributed by atoms with E-state index in [9.17, 15) is 4.79 Å². The van der Waals surface area contributed by atoms with Gasteiger partial charge in [-0.15, -0.1) is 0 Å². The van der Waals surface area contributed by atoms with Crippen LogP contribution in [-0.4, -0.2) is 61.7 Å². The van der Waals surface area contributed by atoms with Crippen molar-refractivity contribution in [1.82, 2.24) is 15.1 Å². The first-order valence-electron chi connectivity index (χ1n) is 8.91. The highest BCUT2D eigenvalue weighted by atomic mass is 16.5. The predicted molar refractivity (Wildman–Crippen MR) is 97.4 cm³/mol. The Labute approximate surface area is 146 Å². The van der Waals surface area contributed by atoms with Gasteiger partial charge in [0.25, 0.3) is 0 Å². The summed E-state index contributed by atoms with van der Waals surface area (Å²) < 4.78 is 5.78. The van der Waals surface area contributed by atoms with E-state index in [1.807, 2.05) is 42.3 Å². The molecule has 5 nitrogen and oxygen atoms in total. The fraction of sp³-hybridized carbons (Fsp3) is 0.632. The summed E-state index contributed by atoms with van der Waals surface area (Å²) in [5, 5.41) is 3.11. The van der Waals surface area contributed by atoms with E-state index in [0.717, 1.165) is 31.7 Å². The molecular weight excluding hydrogens is 302 g/mol. The van der Waals surface area contributed by atoms with Crippen LogP contribution in [0, 0.1) is 5.92 Å². The molecule has 134 valence electrons. The van der Waals surface area contributed by atoms with Gasteiger partial charge in [-0.2, -0.15) is 0 Å². The van der Waals surface area contributed by atoms with Gasteiger partial charge < -0.3 is 19.9 Å². The number of ether oxygens (including phenoxy) is 1. The van der Waals surface area contributed by atoms with Gasteiger partial charge in [0.05, 0.1) is 6.04 Å². The summed E-state index contributed by atoms with van der Waals surface area (Å²) in [4.78, 5) is 16.8. The molecule has 1 saturated heterocycles. The number of likely N-dealkylation sites (tertiary alicyclic amines) is 1. The molecule has 1 aliphatic rings. The molecule has 2 rings (SSSR count). The van der Waals surface area contributed by atoms with Crippen molar-refractivity contribution in [3.8, 4) is 5.75 Å². The van der Waals surface area contributed by atoms with Gasteiger partial charge in [-0.1, -0.05) is 32.0 Å². The lowest BCUT2D eigenvalue weighted by atomic mass is 9.93. The summed E-state index contributed by atoms with van der Waals surface area (Å²) in [6.45, 7) is 6.86. The third kappa shape index (κ3) is 5.13. The number of piperidine rings is 1. The summed E-state index contributed by atoms with van der Waals surface area (Å²) in [7, 11) is 4.05. The molecule has 5 heteroatoms. The van der Waals surface area contributed by atoms with Gasteiger partial charge in [-0.05, 0) is 44.5 Å². The number of hydrogen-bond donors (Lipinski definition) is 1. The Balaban J connectivity index is 1.84. The normalized spacial score (nSPS) is 22.7. The van der Waals surface area contributed by atoms with E-state index < -0.39 is 0 Å². The molecule has 3 unspecified atom stereocenters. The van der Waals surface area contributed by atoms with Crippen molar-refractivity contribution >= 4 is 6.03 Å². The van der Waals surface area contributed by atoms with Gasteiger partial charge in [0.1, 0.15) is 12.4 Å². The maximum Gasteiger partial charge on any atom is 0.317 e. The number of carbonyl (C=O) groups excluding carboxylic acids is 1. The molecule has 1 aromatic rings. The third-order valence-corrected chi connectivity index (χ3v) is 4.90. The number of benzene rings is 1. The monoisotopic (exact) mass is 333 g/mol. The van der Waals surface area contributed by atoms with Crippen LogP contribution in [0.3, 0.4) is 0 Å². The Morgan fingerprint density at radius 2 is 2.12 bits per heavy atom.